The average Bonchev–Trinajstić information content (AvgIpc) is 2.35. The maximum atomic E-state index is 10.9. The van der Waals surface area contributed by atoms with Gasteiger partial charge in [-0.1, -0.05) is 12.1 Å². The summed E-state index contributed by atoms with van der Waals surface area (Å²) in [6.07, 6.45) is 0.657. The smallest absolute Gasteiger partial charge is 0.311 e. The predicted octanol–water partition coefficient (Wildman–Crippen LogP) is 1.05. The molecule has 1 aromatic rings. The van der Waals surface area contributed by atoms with Crippen molar-refractivity contribution >= 4 is 11.6 Å². The zero-order chi connectivity index (χ0) is 13.5. The molecule has 18 heavy (non-hydrogen) atoms. The summed E-state index contributed by atoms with van der Waals surface area (Å²) < 4.78 is 5.36. The van der Waals surface area contributed by atoms with Crippen LogP contribution in [-0.4, -0.2) is 17.4 Å². The van der Waals surface area contributed by atoms with Crippen LogP contribution in [-0.2, 0) is 4.79 Å². The number of hydrazine groups is 1. The molecule has 0 bridgehead atoms. The van der Waals surface area contributed by atoms with Crippen LogP contribution in [0.5, 0.6) is 5.75 Å². The first-order chi connectivity index (χ1) is 8.56. The van der Waals surface area contributed by atoms with E-state index in [2.05, 4.69) is 0 Å². The van der Waals surface area contributed by atoms with E-state index in [-0.39, 0.29) is 30.4 Å². The second-order valence-electron chi connectivity index (χ2n) is 3.70. The summed E-state index contributed by atoms with van der Waals surface area (Å²) >= 11 is 0. The molecule has 0 radical (unpaired) electrons. The Bertz CT molecular complexity index is 448. The Morgan fingerprint density at radius 1 is 1.56 bits per heavy atom. The van der Waals surface area contributed by atoms with Gasteiger partial charge in [0.25, 0.3) is 0 Å². The zero-order valence-corrected chi connectivity index (χ0v) is 10.0. The third-order valence-corrected chi connectivity index (χ3v) is 2.34. The van der Waals surface area contributed by atoms with Crippen molar-refractivity contribution in [2.24, 2.45) is 5.84 Å². The summed E-state index contributed by atoms with van der Waals surface area (Å²) in [5, 5.41) is 10.8. The van der Waals surface area contributed by atoms with Crippen molar-refractivity contribution in [3.63, 3.8) is 0 Å². The number of carbonyl (C=O) groups is 1. The van der Waals surface area contributed by atoms with E-state index >= 15 is 0 Å². The fourth-order valence-electron chi connectivity index (χ4n) is 1.45. The van der Waals surface area contributed by atoms with E-state index in [9.17, 15) is 14.9 Å². The molecule has 0 saturated carbocycles. The molecular weight excluding hydrogens is 238 g/mol. The molecule has 1 amide bonds. The Balaban J connectivity index is 2.61. The second kappa shape index (κ2) is 6.55. The standard InChI is InChI=1S/C11H15N3O4/c1-8-4-2-5-9(14(16)17)11(8)18-7-3-6-10(15)13-12/h2,4-5H,3,6-7,12H2,1H3,(H,13,15). The van der Waals surface area contributed by atoms with Crippen LogP contribution in [0.2, 0.25) is 0 Å². The SMILES string of the molecule is Cc1cccc([N+](=O)[O-])c1OCCCC(=O)NN. The van der Waals surface area contributed by atoms with E-state index in [1.807, 2.05) is 5.43 Å². The lowest BCUT2D eigenvalue weighted by Crippen LogP contribution is -2.30. The van der Waals surface area contributed by atoms with Gasteiger partial charge in [0, 0.05) is 12.5 Å². The van der Waals surface area contributed by atoms with Crippen LogP contribution in [0.25, 0.3) is 0 Å². The molecule has 0 aromatic heterocycles. The molecule has 0 atom stereocenters. The molecule has 0 aliphatic heterocycles. The van der Waals surface area contributed by atoms with Crippen LogP contribution in [0.15, 0.2) is 18.2 Å². The van der Waals surface area contributed by atoms with Gasteiger partial charge in [-0.05, 0) is 18.9 Å². The summed E-state index contributed by atoms with van der Waals surface area (Å²) in [4.78, 5) is 21.2. The molecule has 0 fully saturated rings. The molecule has 0 saturated heterocycles. The number of nitro groups is 1. The molecule has 1 rings (SSSR count). The molecule has 1 aromatic carbocycles. The van der Waals surface area contributed by atoms with Crippen molar-refractivity contribution in [2.45, 2.75) is 19.8 Å². The monoisotopic (exact) mass is 253 g/mol. The van der Waals surface area contributed by atoms with Gasteiger partial charge in [0.15, 0.2) is 5.75 Å². The maximum Gasteiger partial charge on any atom is 0.311 e. The number of aryl methyl sites for hydroxylation is 1. The van der Waals surface area contributed by atoms with Crippen molar-refractivity contribution < 1.29 is 14.5 Å². The number of hydrogen-bond donors (Lipinski definition) is 2. The van der Waals surface area contributed by atoms with Crippen LogP contribution in [0.4, 0.5) is 5.69 Å². The Morgan fingerprint density at radius 2 is 2.28 bits per heavy atom. The van der Waals surface area contributed by atoms with Gasteiger partial charge in [0.05, 0.1) is 11.5 Å². The normalized spacial score (nSPS) is 9.89. The van der Waals surface area contributed by atoms with Crippen LogP contribution >= 0.6 is 0 Å². The Labute approximate surface area is 104 Å². The van der Waals surface area contributed by atoms with E-state index < -0.39 is 4.92 Å². The molecule has 7 heteroatoms. The van der Waals surface area contributed by atoms with Crippen LogP contribution in [0, 0.1) is 17.0 Å². The Morgan fingerprint density at radius 3 is 2.89 bits per heavy atom. The average molecular weight is 253 g/mol. The minimum absolute atomic E-state index is 0.0710. The molecule has 0 aliphatic rings. The summed E-state index contributed by atoms with van der Waals surface area (Å²) in [7, 11) is 0. The van der Waals surface area contributed by atoms with Gasteiger partial charge in [0.2, 0.25) is 5.91 Å². The van der Waals surface area contributed by atoms with Crippen molar-refractivity contribution in [3.8, 4) is 5.75 Å². The number of amides is 1. The summed E-state index contributed by atoms with van der Waals surface area (Å²) in [5.74, 6) is 4.88. The van der Waals surface area contributed by atoms with E-state index in [4.69, 9.17) is 10.6 Å². The van der Waals surface area contributed by atoms with Crippen molar-refractivity contribution in [2.75, 3.05) is 6.61 Å². The van der Waals surface area contributed by atoms with Gasteiger partial charge in [0.1, 0.15) is 0 Å². The minimum atomic E-state index is -0.491. The summed E-state index contributed by atoms with van der Waals surface area (Å²) in [6, 6.07) is 4.71. The number of para-hydroxylation sites is 1. The highest BCUT2D eigenvalue weighted by Crippen LogP contribution is 2.30. The van der Waals surface area contributed by atoms with E-state index in [0.717, 1.165) is 0 Å². The number of nitrogens with two attached hydrogens (primary N) is 1. The van der Waals surface area contributed by atoms with Gasteiger partial charge in [-0.3, -0.25) is 20.3 Å². The van der Waals surface area contributed by atoms with E-state index in [0.29, 0.717) is 12.0 Å². The van der Waals surface area contributed by atoms with Crippen molar-refractivity contribution in [1.29, 1.82) is 0 Å². The van der Waals surface area contributed by atoms with Crippen molar-refractivity contribution in [1.82, 2.24) is 5.43 Å². The third kappa shape index (κ3) is 3.70. The maximum absolute atomic E-state index is 10.9. The first kappa shape index (κ1) is 13.9. The third-order valence-electron chi connectivity index (χ3n) is 2.34. The molecule has 98 valence electrons. The van der Waals surface area contributed by atoms with Gasteiger partial charge in [-0.15, -0.1) is 0 Å². The van der Waals surface area contributed by atoms with E-state index in [1.165, 1.54) is 6.07 Å². The molecule has 0 aliphatic carbocycles. The molecular formula is C11H15N3O4. The summed E-state index contributed by atoms with van der Waals surface area (Å²) in [6.45, 7) is 1.95. The topological polar surface area (TPSA) is 107 Å². The number of nitrogens with one attached hydrogen (secondary N) is 1. The highest BCUT2D eigenvalue weighted by molar-refractivity contribution is 5.75. The quantitative estimate of drug-likeness (QED) is 0.259. The Hall–Kier alpha value is -2.15. The zero-order valence-electron chi connectivity index (χ0n) is 10.0. The minimum Gasteiger partial charge on any atom is -0.487 e. The predicted molar refractivity (Wildman–Crippen MR) is 64.9 cm³/mol. The molecule has 7 nitrogen and oxygen atoms in total. The lowest BCUT2D eigenvalue weighted by atomic mass is 10.2. The second-order valence-corrected chi connectivity index (χ2v) is 3.70. The van der Waals surface area contributed by atoms with Gasteiger partial charge < -0.3 is 4.74 Å². The number of benzene rings is 1. The van der Waals surface area contributed by atoms with Crippen molar-refractivity contribution in [3.05, 3.63) is 33.9 Å². The number of hydrogen-bond acceptors (Lipinski definition) is 5. The number of rotatable bonds is 6. The molecule has 0 heterocycles. The fraction of sp³-hybridized carbons (Fsp3) is 0.364. The van der Waals surface area contributed by atoms with Crippen LogP contribution in [0.3, 0.4) is 0 Å². The first-order valence-electron chi connectivity index (χ1n) is 5.42. The van der Waals surface area contributed by atoms with Gasteiger partial charge >= 0.3 is 5.69 Å². The van der Waals surface area contributed by atoms with Crippen LogP contribution < -0.4 is 16.0 Å². The number of carbonyl (C=O) groups excluding carboxylic acids is 1. The number of ether oxygens (including phenoxy) is 1. The number of nitrogens with zero attached hydrogens (tertiary/aromatic N) is 1. The van der Waals surface area contributed by atoms with E-state index in [1.54, 1.807) is 19.1 Å². The Kier molecular flexibility index (Phi) is 5.06. The molecule has 3 N–H and O–H groups in total. The summed E-state index contributed by atoms with van der Waals surface area (Å²) in [5.41, 5.74) is 2.62. The lowest BCUT2D eigenvalue weighted by Gasteiger charge is -2.08. The molecule has 0 spiro atoms. The van der Waals surface area contributed by atoms with Crippen LogP contribution in [0.1, 0.15) is 18.4 Å². The van der Waals surface area contributed by atoms with Gasteiger partial charge in [-0.2, -0.15) is 0 Å². The fourth-order valence-corrected chi connectivity index (χ4v) is 1.45. The number of nitro benzene ring substituents is 1. The largest absolute Gasteiger partial charge is 0.487 e. The first-order valence-corrected chi connectivity index (χ1v) is 5.42. The lowest BCUT2D eigenvalue weighted by molar-refractivity contribution is -0.385. The molecule has 0 unspecified atom stereocenters. The highest BCUT2D eigenvalue weighted by Gasteiger charge is 2.16. The highest BCUT2D eigenvalue weighted by atomic mass is 16.6. The van der Waals surface area contributed by atoms with Gasteiger partial charge in [-0.25, -0.2) is 5.84 Å².